The number of Topliss-reactive ketones (excluding diaryl/α,β-unsaturated/α-hetero) is 1. The van der Waals surface area contributed by atoms with E-state index in [0.29, 0.717) is 12.8 Å². The van der Waals surface area contributed by atoms with Crippen LogP contribution in [-0.2, 0) is 17.6 Å². The third-order valence-corrected chi connectivity index (χ3v) is 3.79. The van der Waals surface area contributed by atoms with Gasteiger partial charge in [0.2, 0.25) is 5.82 Å². The van der Waals surface area contributed by atoms with Gasteiger partial charge in [0.15, 0.2) is 29.1 Å². The summed E-state index contributed by atoms with van der Waals surface area (Å²) >= 11 is 0. The van der Waals surface area contributed by atoms with Gasteiger partial charge in [-0.25, -0.2) is 22.0 Å². The summed E-state index contributed by atoms with van der Waals surface area (Å²) in [6, 6.07) is 9.31. The van der Waals surface area contributed by atoms with Gasteiger partial charge >= 0.3 is 0 Å². The number of halogens is 5. The standard InChI is InChI=1S/C19H15F5O/c1-11(25)13(9-5-8-12-6-3-2-4-7-12)10-14-15(20)17(22)19(24)18(23)16(14)21/h2-4,6-7,9H,5,8,10H2,1H3/b13-9+. The van der Waals surface area contributed by atoms with E-state index in [1.54, 1.807) is 0 Å². The molecule has 0 atom stereocenters. The molecule has 0 aromatic heterocycles. The minimum atomic E-state index is -2.21. The molecule has 0 heterocycles. The SMILES string of the molecule is CC(=O)/C(=C/CCc1ccccc1)Cc1c(F)c(F)c(F)c(F)c1F. The van der Waals surface area contributed by atoms with E-state index in [1.807, 2.05) is 30.3 Å². The van der Waals surface area contributed by atoms with Crippen molar-refractivity contribution in [2.45, 2.75) is 26.2 Å². The number of aryl methyl sites for hydroxylation is 1. The first kappa shape index (κ1) is 18.8. The fourth-order valence-electron chi connectivity index (χ4n) is 2.39. The van der Waals surface area contributed by atoms with Gasteiger partial charge in [0.25, 0.3) is 0 Å². The Labute approximate surface area is 141 Å². The van der Waals surface area contributed by atoms with Gasteiger partial charge in [-0.05, 0) is 30.9 Å². The predicted octanol–water partition coefficient (Wildman–Crippen LogP) is 5.07. The molecule has 2 rings (SSSR count). The lowest BCUT2D eigenvalue weighted by molar-refractivity contribution is -0.113. The minimum Gasteiger partial charge on any atom is -0.295 e. The maximum absolute atomic E-state index is 13.8. The molecular weight excluding hydrogens is 339 g/mol. The van der Waals surface area contributed by atoms with Crippen LogP contribution < -0.4 is 0 Å². The van der Waals surface area contributed by atoms with Gasteiger partial charge in [-0.15, -0.1) is 0 Å². The molecule has 0 bridgehead atoms. The number of hydrogen-bond donors (Lipinski definition) is 0. The summed E-state index contributed by atoms with van der Waals surface area (Å²) in [5, 5.41) is 0. The smallest absolute Gasteiger partial charge is 0.200 e. The van der Waals surface area contributed by atoms with Crippen LogP contribution in [0.1, 0.15) is 24.5 Å². The molecule has 0 saturated carbocycles. The van der Waals surface area contributed by atoms with Crippen LogP contribution in [-0.4, -0.2) is 5.78 Å². The molecule has 0 unspecified atom stereocenters. The quantitative estimate of drug-likeness (QED) is 0.306. The van der Waals surface area contributed by atoms with Crippen molar-refractivity contribution in [2.24, 2.45) is 0 Å². The largest absolute Gasteiger partial charge is 0.295 e. The molecule has 0 N–H and O–H groups in total. The summed E-state index contributed by atoms with van der Waals surface area (Å²) in [4.78, 5) is 11.7. The molecule has 0 fully saturated rings. The normalized spacial score (nSPS) is 11.7. The van der Waals surface area contributed by atoms with Gasteiger partial charge in [0, 0.05) is 12.0 Å². The zero-order chi connectivity index (χ0) is 18.6. The first-order valence-corrected chi connectivity index (χ1v) is 7.57. The van der Waals surface area contributed by atoms with Crippen LogP contribution in [0.5, 0.6) is 0 Å². The van der Waals surface area contributed by atoms with E-state index in [0.717, 1.165) is 5.56 Å². The number of allylic oxidation sites excluding steroid dienone is 2. The molecule has 132 valence electrons. The van der Waals surface area contributed by atoms with Gasteiger partial charge in [0.05, 0.1) is 0 Å². The Kier molecular flexibility index (Phi) is 6.07. The summed E-state index contributed by atoms with van der Waals surface area (Å²) in [5.74, 6) is -10.5. The number of ketones is 1. The van der Waals surface area contributed by atoms with E-state index in [9.17, 15) is 26.7 Å². The Balaban J connectivity index is 2.25. The fourth-order valence-corrected chi connectivity index (χ4v) is 2.39. The zero-order valence-corrected chi connectivity index (χ0v) is 13.4. The predicted molar refractivity (Wildman–Crippen MR) is 83.5 cm³/mol. The first-order chi connectivity index (χ1) is 11.8. The van der Waals surface area contributed by atoms with Crippen LogP contribution in [0.15, 0.2) is 42.0 Å². The van der Waals surface area contributed by atoms with E-state index in [2.05, 4.69) is 0 Å². The van der Waals surface area contributed by atoms with E-state index in [4.69, 9.17) is 0 Å². The fraction of sp³-hybridized carbons (Fsp3) is 0.211. The molecule has 25 heavy (non-hydrogen) atoms. The summed E-state index contributed by atoms with van der Waals surface area (Å²) < 4.78 is 67.1. The van der Waals surface area contributed by atoms with Crippen molar-refractivity contribution in [3.8, 4) is 0 Å². The van der Waals surface area contributed by atoms with Crippen LogP contribution in [0.3, 0.4) is 0 Å². The van der Waals surface area contributed by atoms with Crippen LogP contribution in [0, 0.1) is 29.1 Å². The highest BCUT2D eigenvalue weighted by atomic mass is 19.2. The van der Waals surface area contributed by atoms with Gasteiger partial charge < -0.3 is 0 Å². The van der Waals surface area contributed by atoms with Crippen molar-refractivity contribution >= 4 is 5.78 Å². The van der Waals surface area contributed by atoms with Crippen molar-refractivity contribution in [1.82, 2.24) is 0 Å². The maximum Gasteiger partial charge on any atom is 0.200 e. The third-order valence-electron chi connectivity index (χ3n) is 3.79. The van der Waals surface area contributed by atoms with Gasteiger partial charge in [-0.2, -0.15) is 0 Å². The summed E-state index contributed by atoms with van der Waals surface area (Å²) in [6.07, 6.45) is 1.78. The molecule has 6 heteroatoms. The Bertz CT molecular complexity index is 783. The number of carbonyl (C=O) groups is 1. The zero-order valence-electron chi connectivity index (χ0n) is 13.4. The van der Waals surface area contributed by atoms with Crippen LogP contribution >= 0.6 is 0 Å². The number of carbonyl (C=O) groups excluding carboxylic acids is 1. The Morgan fingerprint density at radius 2 is 1.40 bits per heavy atom. The van der Waals surface area contributed by atoms with Crippen LogP contribution in [0.2, 0.25) is 0 Å². The Morgan fingerprint density at radius 3 is 1.92 bits per heavy atom. The molecule has 0 amide bonds. The number of hydrogen-bond acceptors (Lipinski definition) is 1. The highest BCUT2D eigenvalue weighted by Crippen LogP contribution is 2.25. The van der Waals surface area contributed by atoms with Crippen molar-refractivity contribution < 1.29 is 26.7 Å². The second-order valence-electron chi connectivity index (χ2n) is 5.54. The lowest BCUT2D eigenvalue weighted by atomic mass is 9.98. The summed E-state index contributed by atoms with van der Waals surface area (Å²) in [6.45, 7) is 1.18. The highest BCUT2D eigenvalue weighted by Gasteiger charge is 2.26. The van der Waals surface area contributed by atoms with E-state index < -0.39 is 46.9 Å². The van der Waals surface area contributed by atoms with Crippen molar-refractivity contribution in [1.29, 1.82) is 0 Å². The molecule has 2 aromatic carbocycles. The van der Waals surface area contributed by atoms with Gasteiger partial charge in [-0.3, -0.25) is 4.79 Å². The number of rotatable bonds is 6. The van der Waals surface area contributed by atoms with Crippen molar-refractivity contribution in [2.75, 3.05) is 0 Å². The second-order valence-corrected chi connectivity index (χ2v) is 5.54. The lowest BCUT2D eigenvalue weighted by Gasteiger charge is -2.10. The van der Waals surface area contributed by atoms with Gasteiger partial charge in [-0.1, -0.05) is 36.4 Å². The molecular formula is C19H15F5O. The minimum absolute atomic E-state index is 0.000797. The monoisotopic (exact) mass is 354 g/mol. The second kappa shape index (κ2) is 8.05. The van der Waals surface area contributed by atoms with E-state index >= 15 is 0 Å². The summed E-state index contributed by atoms with van der Waals surface area (Å²) in [7, 11) is 0. The number of benzene rings is 2. The Morgan fingerprint density at radius 1 is 0.880 bits per heavy atom. The van der Waals surface area contributed by atoms with Crippen LogP contribution in [0.4, 0.5) is 22.0 Å². The molecule has 0 aliphatic heterocycles. The summed E-state index contributed by atoms with van der Waals surface area (Å²) in [5.41, 5.74) is -0.00501. The van der Waals surface area contributed by atoms with E-state index in [-0.39, 0.29) is 5.57 Å². The molecule has 2 aromatic rings. The lowest BCUT2D eigenvalue weighted by Crippen LogP contribution is -2.10. The molecule has 0 radical (unpaired) electrons. The molecule has 1 nitrogen and oxygen atoms in total. The Hall–Kier alpha value is -2.50. The van der Waals surface area contributed by atoms with Crippen LogP contribution in [0.25, 0.3) is 0 Å². The van der Waals surface area contributed by atoms with Crippen molar-refractivity contribution in [3.05, 3.63) is 82.2 Å². The molecule has 0 spiro atoms. The van der Waals surface area contributed by atoms with Gasteiger partial charge in [0.1, 0.15) is 0 Å². The molecule has 0 aliphatic carbocycles. The van der Waals surface area contributed by atoms with E-state index in [1.165, 1.54) is 13.0 Å². The first-order valence-electron chi connectivity index (χ1n) is 7.57. The maximum atomic E-state index is 13.8. The third kappa shape index (κ3) is 4.32. The average Bonchev–Trinajstić information content (AvgIpc) is 2.61. The molecule has 0 saturated heterocycles. The molecule has 0 aliphatic rings. The average molecular weight is 354 g/mol. The highest BCUT2D eigenvalue weighted by molar-refractivity contribution is 5.93. The van der Waals surface area contributed by atoms with Crippen molar-refractivity contribution in [3.63, 3.8) is 0 Å². The topological polar surface area (TPSA) is 17.1 Å².